The van der Waals surface area contributed by atoms with Crippen molar-refractivity contribution in [3.63, 3.8) is 0 Å². The second-order valence-corrected chi connectivity index (χ2v) is 8.60. The molecule has 122 valence electrons. The number of halogens is 1. The minimum atomic E-state index is -0.0954. The van der Waals surface area contributed by atoms with Crippen LogP contribution in [0, 0.1) is 18.8 Å². The van der Waals surface area contributed by atoms with Crippen LogP contribution in [0.3, 0.4) is 0 Å². The lowest BCUT2D eigenvalue weighted by molar-refractivity contribution is -0.182. The number of hydrogen-bond acceptors (Lipinski definition) is 2. The van der Waals surface area contributed by atoms with Crippen LogP contribution in [0.2, 0.25) is 5.02 Å². The molecule has 2 aliphatic rings. The van der Waals surface area contributed by atoms with E-state index in [-0.39, 0.29) is 11.0 Å². The van der Waals surface area contributed by atoms with E-state index in [0.717, 1.165) is 11.4 Å². The number of benzene rings is 1. The van der Waals surface area contributed by atoms with Crippen LogP contribution >= 0.6 is 11.6 Å². The normalized spacial score (nSPS) is 38.0. The van der Waals surface area contributed by atoms with E-state index in [9.17, 15) is 0 Å². The average molecular weight is 322 g/mol. The molecule has 0 N–H and O–H groups in total. The first kappa shape index (κ1) is 16.3. The highest BCUT2D eigenvalue weighted by Gasteiger charge is 2.55. The quantitative estimate of drug-likeness (QED) is 0.723. The Morgan fingerprint density at radius 2 is 1.91 bits per heavy atom. The molecule has 0 aromatic heterocycles. The summed E-state index contributed by atoms with van der Waals surface area (Å²) in [4.78, 5) is 6.16. The molecule has 1 heterocycles. The summed E-state index contributed by atoms with van der Waals surface area (Å²) in [6, 6.07) is 6.87. The lowest BCUT2D eigenvalue weighted by atomic mass is 9.58. The van der Waals surface area contributed by atoms with Crippen molar-refractivity contribution in [3.8, 4) is 0 Å². The highest BCUT2D eigenvalue weighted by molar-refractivity contribution is 6.31. The molecule has 1 aromatic carbocycles. The number of hydrogen-bond donors (Lipinski definition) is 0. The van der Waals surface area contributed by atoms with E-state index in [1.54, 1.807) is 0 Å². The van der Waals surface area contributed by atoms with E-state index >= 15 is 0 Å². The molecule has 0 bridgehead atoms. The van der Waals surface area contributed by atoms with E-state index < -0.39 is 0 Å². The predicted molar refractivity (Wildman–Crippen MR) is 92.1 cm³/mol. The zero-order valence-electron chi connectivity index (χ0n) is 14.6. The third-order valence-electron chi connectivity index (χ3n) is 6.05. The summed E-state index contributed by atoms with van der Waals surface area (Å²) in [5.74, 6) is 1.15. The third kappa shape index (κ3) is 2.40. The molecule has 1 aromatic rings. The molecular formula is C19H28ClNO. The molecule has 4 unspecified atom stereocenters. The molecular weight excluding hydrogens is 294 g/mol. The van der Waals surface area contributed by atoms with Crippen molar-refractivity contribution in [2.24, 2.45) is 11.8 Å². The van der Waals surface area contributed by atoms with Crippen molar-refractivity contribution in [1.82, 2.24) is 5.06 Å². The topological polar surface area (TPSA) is 12.5 Å². The Kier molecular flexibility index (Phi) is 3.87. The first-order valence-electron chi connectivity index (χ1n) is 8.33. The van der Waals surface area contributed by atoms with Crippen LogP contribution in [0.1, 0.15) is 51.7 Å². The number of hydroxylamine groups is 2. The standard InChI is InChI=1S/C19H28ClNO/c1-12-10-19(5,14-8-7-9-16(20)13(14)2)11-15-17(12)21(6)22-18(15,3)4/h7-9,12,15,17H,10-11H2,1-6H3. The third-order valence-corrected chi connectivity index (χ3v) is 6.46. The molecule has 1 saturated carbocycles. The van der Waals surface area contributed by atoms with Gasteiger partial charge in [0.2, 0.25) is 0 Å². The van der Waals surface area contributed by atoms with Crippen LogP contribution in [-0.2, 0) is 10.3 Å². The molecule has 4 atom stereocenters. The minimum absolute atomic E-state index is 0.0954. The Balaban J connectivity index is 2.01. The van der Waals surface area contributed by atoms with Gasteiger partial charge in [-0.05, 0) is 62.1 Å². The maximum Gasteiger partial charge on any atom is 0.0887 e. The number of nitrogens with zero attached hydrogens (tertiary/aromatic N) is 1. The van der Waals surface area contributed by atoms with Gasteiger partial charge in [0.25, 0.3) is 0 Å². The fourth-order valence-electron chi connectivity index (χ4n) is 5.17. The van der Waals surface area contributed by atoms with Crippen molar-refractivity contribution in [1.29, 1.82) is 0 Å². The summed E-state index contributed by atoms with van der Waals surface area (Å²) in [6.07, 6.45) is 2.33. The molecule has 1 saturated heterocycles. The van der Waals surface area contributed by atoms with Crippen LogP contribution in [0.25, 0.3) is 0 Å². The zero-order chi connectivity index (χ0) is 16.3. The highest BCUT2D eigenvalue weighted by atomic mass is 35.5. The van der Waals surface area contributed by atoms with E-state index in [2.05, 4.69) is 58.9 Å². The molecule has 1 aliphatic carbocycles. The maximum absolute atomic E-state index is 6.39. The van der Waals surface area contributed by atoms with Crippen LogP contribution in [0.5, 0.6) is 0 Å². The Labute approximate surface area is 139 Å². The molecule has 0 amide bonds. The van der Waals surface area contributed by atoms with Gasteiger partial charge in [0.15, 0.2) is 0 Å². The molecule has 0 radical (unpaired) electrons. The fraction of sp³-hybridized carbons (Fsp3) is 0.684. The second-order valence-electron chi connectivity index (χ2n) is 8.20. The van der Waals surface area contributed by atoms with Gasteiger partial charge in [0.1, 0.15) is 0 Å². The van der Waals surface area contributed by atoms with Crippen molar-refractivity contribution in [2.45, 2.75) is 64.5 Å². The van der Waals surface area contributed by atoms with Crippen LogP contribution in [0.15, 0.2) is 18.2 Å². The van der Waals surface area contributed by atoms with Gasteiger partial charge in [-0.1, -0.05) is 37.6 Å². The summed E-state index contributed by atoms with van der Waals surface area (Å²) in [7, 11) is 2.09. The van der Waals surface area contributed by atoms with Gasteiger partial charge < -0.3 is 0 Å². The summed E-state index contributed by atoms with van der Waals surface area (Å²) in [5, 5.41) is 2.99. The fourth-order valence-corrected chi connectivity index (χ4v) is 5.34. The Bertz CT molecular complexity index is 585. The monoisotopic (exact) mass is 321 g/mol. The van der Waals surface area contributed by atoms with Crippen molar-refractivity contribution in [2.75, 3.05) is 7.05 Å². The van der Waals surface area contributed by atoms with Gasteiger partial charge in [-0.2, -0.15) is 5.06 Å². The van der Waals surface area contributed by atoms with Gasteiger partial charge in [0.05, 0.1) is 5.60 Å². The van der Waals surface area contributed by atoms with Crippen LogP contribution in [-0.4, -0.2) is 23.8 Å². The Morgan fingerprint density at radius 3 is 2.59 bits per heavy atom. The molecule has 3 heteroatoms. The van der Waals surface area contributed by atoms with Crippen molar-refractivity contribution < 1.29 is 4.84 Å². The maximum atomic E-state index is 6.39. The van der Waals surface area contributed by atoms with Gasteiger partial charge in [-0.3, -0.25) is 4.84 Å². The summed E-state index contributed by atoms with van der Waals surface area (Å²) in [5.41, 5.74) is 2.72. The van der Waals surface area contributed by atoms with Gasteiger partial charge in [0, 0.05) is 24.0 Å². The largest absolute Gasteiger partial charge is 0.293 e. The van der Waals surface area contributed by atoms with E-state index in [1.807, 2.05) is 6.07 Å². The number of rotatable bonds is 1. The summed E-state index contributed by atoms with van der Waals surface area (Å²) < 4.78 is 0. The molecule has 3 rings (SSSR count). The molecule has 0 spiro atoms. The predicted octanol–water partition coefficient (Wildman–Crippen LogP) is 4.98. The SMILES string of the molecule is Cc1c(Cl)cccc1C1(C)CC(C)C2C(C1)C(C)(C)ON2C. The average Bonchev–Trinajstić information content (AvgIpc) is 2.62. The molecule has 2 fully saturated rings. The Hall–Kier alpha value is -0.570. The Morgan fingerprint density at radius 1 is 1.23 bits per heavy atom. The lowest BCUT2D eigenvalue weighted by Gasteiger charge is -2.47. The molecule has 1 aliphatic heterocycles. The van der Waals surface area contributed by atoms with E-state index in [4.69, 9.17) is 16.4 Å². The second kappa shape index (κ2) is 5.22. The van der Waals surface area contributed by atoms with Crippen LogP contribution < -0.4 is 0 Å². The van der Waals surface area contributed by atoms with E-state index in [1.165, 1.54) is 17.5 Å². The smallest absolute Gasteiger partial charge is 0.0887 e. The first-order valence-corrected chi connectivity index (χ1v) is 8.71. The summed E-state index contributed by atoms with van der Waals surface area (Å²) in [6.45, 7) is 11.4. The van der Waals surface area contributed by atoms with Crippen LogP contribution in [0.4, 0.5) is 0 Å². The van der Waals surface area contributed by atoms with Crippen molar-refractivity contribution >= 4 is 11.6 Å². The van der Waals surface area contributed by atoms with Gasteiger partial charge in [-0.25, -0.2) is 0 Å². The highest BCUT2D eigenvalue weighted by Crippen LogP contribution is 2.53. The lowest BCUT2D eigenvalue weighted by Crippen LogP contribution is -2.48. The summed E-state index contributed by atoms with van der Waals surface area (Å²) >= 11 is 6.39. The van der Waals surface area contributed by atoms with Crippen molar-refractivity contribution in [3.05, 3.63) is 34.3 Å². The van der Waals surface area contributed by atoms with Gasteiger partial charge in [-0.15, -0.1) is 0 Å². The van der Waals surface area contributed by atoms with E-state index in [0.29, 0.717) is 17.9 Å². The number of fused-ring (bicyclic) bond motifs is 1. The molecule has 22 heavy (non-hydrogen) atoms. The molecule has 2 nitrogen and oxygen atoms in total. The van der Waals surface area contributed by atoms with Gasteiger partial charge >= 0.3 is 0 Å². The first-order chi connectivity index (χ1) is 10.2. The zero-order valence-corrected chi connectivity index (χ0v) is 15.4. The minimum Gasteiger partial charge on any atom is -0.293 e.